The number of thiazole rings is 1. The quantitative estimate of drug-likeness (QED) is 0.709. The molecule has 0 radical (unpaired) electrons. The molecule has 0 bridgehead atoms. The van der Waals surface area contributed by atoms with E-state index >= 15 is 0 Å². The van der Waals surface area contributed by atoms with Crippen LogP contribution in [0, 0.1) is 6.92 Å². The Hall–Kier alpha value is -1.41. The largest absolute Gasteiger partial charge is 0.242 e. The fourth-order valence-corrected chi connectivity index (χ4v) is 2.14. The maximum absolute atomic E-state index is 4.47. The highest BCUT2D eigenvalue weighted by Gasteiger charge is 2.01. The van der Waals surface area contributed by atoms with E-state index in [9.17, 15) is 0 Å². The zero-order valence-corrected chi connectivity index (χ0v) is 9.55. The van der Waals surface area contributed by atoms with E-state index in [1.807, 2.05) is 13.0 Å². The van der Waals surface area contributed by atoms with Gasteiger partial charge >= 0.3 is 0 Å². The summed E-state index contributed by atoms with van der Waals surface area (Å²) in [5.41, 5.74) is 3.55. The first-order chi connectivity index (χ1) is 7.29. The van der Waals surface area contributed by atoms with Crippen LogP contribution in [-0.2, 0) is 6.42 Å². The molecule has 2 rings (SSSR count). The Labute approximate surface area is 94.1 Å². The first kappa shape index (κ1) is 10.1. The average molecular weight is 215 g/mol. The highest BCUT2D eigenvalue weighted by atomic mass is 32.1. The second kappa shape index (κ2) is 4.41. The molecule has 0 aliphatic heterocycles. The summed E-state index contributed by atoms with van der Waals surface area (Å²) in [6, 6.07) is 8.46. The Bertz CT molecular complexity index is 471. The van der Waals surface area contributed by atoms with Crippen LogP contribution in [0.4, 0.5) is 0 Å². The van der Waals surface area contributed by atoms with Crippen molar-refractivity contribution in [1.82, 2.24) is 4.98 Å². The van der Waals surface area contributed by atoms with Crippen LogP contribution in [0.2, 0.25) is 0 Å². The summed E-state index contributed by atoms with van der Waals surface area (Å²) in [4.78, 5) is 4.47. The number of nitrogens with zero attached hydrogens (tertiary/aromatic N) is 1. The third kappa shape index (κ3) is 2.34. The molecule has 1 aromatic heterocycles. The van der Waals surface area contributed by atoms with Crippen molar-refractivity contribution in [3.05, 3.63) is 52.9 Å². The van der Waals surface area contributed by atoms with E-state index in [-0.39, 0.29) is 0 Å². The summed E-state index contributed by atoms with van der Waals surface area (Å²) in [6.45, 7) is 5.78. The lowest BCUT2D eigenvalue weighted by molar-refractivity contribution is 1.26. The molecule has 2 aromatic rings. The smallest absolute Gasteiger partial charge is 0.0901 e. The van der Waals surface area contributed by atoms with Gasteiger partial charge in [0.15, 0.2) is 0 Å². The molecule has 0 N–H and O–H groups in total. The van der Waals surface area contributed by atoms with E-state index in [1.165, 1.54) is 11.1 Å². The van der Waals surface area contributed by atoms with Crippen molar-refractivity contribution in [3.8, 4) is 11.3 Å². The van der Waals surface area contributed by atoms with Crippen molar-refractivity contribution in [2.24, 2.45) is 0 Å². The number of hydrogen-bond donors (Lipinski definition) is 0. The molecule has 0 aliphatic rings. The first-order valence-corrected chi connectivity index (χ1v) is 5.80. The third-order valence-corrected chi connectivity index (χ3v) is 3.00. The fourth-order valence-electron chi connectivity index (χ4n) is 1.52. The third-order valence-electron chi connectivity index (χ3n) is 2.22. The minimum absolute atomic E-state index is 0.914. The van der Waals surface area contributed by atoms with E-state index in [0.717, 1.165) is 17.1 Å². The van der Waals surface area contributed by atoms with Gasteiger partial charge in [-0.05, 0) is 25.0 Å². The molecule has 0 amide bonds. The molecule has 0 saturated heterocycles. The van der Waals surface area contributed by atoms with Gasteiger partial charge in [0.25, 0.3) is 0 Å². The standard InChI is InChI=1S/C13H13NS/c1-3-5-11-6-4-7-12(8-11)13-9-15-10(2)14-13/h3-4,6-9H,1,5H2,2H3. The van der Waals surface area contributed by atoms with Gasteiger partial charge in [-0.3, -0.25) is 0 Å². The minimum atomic E-state index is 0.914. The van der Waals surface area contributed by atoms with Gasteiger partial charge in [0.05, 0.1) is 10.7 Å². The zero-order chi connectivity index (χ0) is 10.7. The molecule has 76 valence electrons. The molecule has 1 aromatic carbocycles. The van der Waals surface area contributed by atoms with Crippen LogP contribution < -0.4 is 0 Å². The molecular weight excluding hydrogens is 202 g/mol. The Morgan fingerprint density at radius 1 is 1.47 bits per heavy atom. The summed E-state index contributed by atoms with van der Waals surface area (Å²) in [5, 5.41) is 3.21. The fraction of sp³-hybridized carbons (Fsp3) is 0.154. The molecule has 0 fully saturated rings. The average Bonchev–Trinajstić information content (AvgIpc) is 2.66. The van der Waals surface area contributed by atoms with Gasteiger partial charge in [-0.1, -0.05) is 24.3 Å². The van der Waals surface area contributed by atoms with Crippen LogP contribution in [0.25, 0.3) is 11.3 Å². The van der Waals surface area contributed by atoms with E-state index in [2.05, 4.69) is 41.2 Å². The second-order valence-corrected chi connectivity index (χ2v) is 4.51. The van der Waals surface area contributed by atoms with Gasteiger partial charge in [-0.25, -0.2) is 4.98 Å². The van der Waals surface area contributed by atoms with Crippen molar-refractivity contribution >= 4 is 11.3 Å². The topological polar surface area (TPSA) is 12.9 Å². The van der Waals surface area contributed by atoms with Crippen LogP contribution in [0.3, 0.4) is 0 Å². The van der Waals surface area contributed by atoms with Crippen molar-refractivity contribution < 1.29 is 0 Å². The number of aromatic nitrogens is 1. The summed E-state index contributed by atoms with van der Waals surface area (Å²) in [5.74, 6) is 0. The number of rotatable bonds is 3. The van der Waals surface area contributed by atoms with E-state index in [1.54, 1.807) is 11.3 Å². The number of benzene rings is 1. The minimum Gasteiger partial charge on any atom is -0.242 e. The Kier molecular flexibility index (Phi) is 2.97. The maximum atomic E-state index is 4.47. The van der Waals surface area contributed by atoms with Crippen molar-refractivity contribution in [2.75, 3.05) is 0 Å². The van der Waals surface area contributed by atoms with Crippen molar-refractivity contribution in [3.63, 3.8) is 0 Å². The second-order valence-electron chi connectivity index (χ2n) is 3.44. The first-order valence-electron chi connectivity index (χ1n) is 4.92. The number of allylic oxidation sites excluding steroid dienone is 1. The monoisotopic (exact) mass is 215 g/mol. The molecular formula is C13H13NS. The lowest BCUT2D eigenvalue weighted by Gasteiger charge is -2.00. The van der Waals surface area contributed by atoms with Gasteiger partial charge in [0.2, 0.25) is 0 Å². The molecule has 0 atom stereocenters. The highest BCUT2D eigenvalue weighted by molar-refractivity contribution is 7.09. The highest BCUT2D eigenvalue weighted by Crippen LogP contribution is 2.22. The number of hydrogen-bond acceptors (Lipinski definition) is 2. The summed E-state index contributed by atoms with van der Waals surface area (Å²) in [7, 11) is 0. The van der Waals surface area contributed by atoms with Crippen LogP contribution in [0.5, 0.6) is 0 Å². The van der Waals surface area contributed by atoms with E-state index < -0.39 is 0 Å². The molecule has 0 saturated carbocycles. The molecule has 1 heterocycles. The van der Waals surface area contributed by atoms with Gasteiger partial charge in [0.1, 0.15) is 0 Å². The van der Waals surface area contributed by atoms with Gasteiger partial charge in [-0.15, -0.1) is 17.9 Å². The van der Waals surface area contributed by atoms with Crippen molar-refractivity contribution in [1.29, 1.82) is 0 Å². The lowest BCUT2D eigenvalue weighted by atomic mass is 10.1. The van der Waals surface area contributed by atoms with Crippen molar-refractivity contribution in [2.45, 2.75) is 13.3 Å². The van der Waals surface area contributed by atoms with Crippen LogP contribution in [-0.4, -0.2) is 4.98 Å². The summed E-state index contributed by atoms with van der Waals surface area (Å²) < 4.78 is 0. The normalized spacial score (nSPS) is 10.2. The van der Waals surface area contributed by atoms with Gasteiger partial charge in [0, 0.05) is 10.9 Å². The lowest BCUT2D eigenvalue weighted by Crippen LogP contribution is -1.83. The van der Waals surface area contributed by atoms with E-state index in [0.29, 0.717) is 0 Å². The molecule has 0 unspecified atom stereocenters. The van der Waals surface area contributed by atoms with Gasteiger partial charge < -0.3 is 0 Å². The molecule has 0 aliphatic carbocycles. The van der Waals surface area contributed by atoms with E-state index in [4.69, 9.17) is 0 Å². The van der Waals surface area contributed by atoms with Crippen LogP contribution >= 0.6 is 11.3 Å². The molecule has 15 heavy (non-hydrogen) atoms. The Morgan fingerprint density at radius 3 is 3.00 bits per heavy atom. The summed E-state index contributed by atoms with van der Waals surface area (Å²) in [6.07, 6.45) is 2.84. The molecule has 1 nitrogen and oxygen atoms in total. The Morgan fingerprint density at radius 2 is 2.33 bits per heavy atom. The summed E-state index contributed by atoms with van der Waals surface area (Å²) >= 11 is 1.69. The zero-order valence-electron chi connectivity index (χ0n) is 8.73. The molecule has 0 spiro atoms. The Balaban J connectivity index is 2.36. The van der Waals surface area contributed by atoms with Crippen LogP contribution in [0.1, 0.15) is 10.6 Å². The number of aryl methyl sites for hydroxylation is 1. The molecule has 2 heteroatoms. The maximum Gasteiger partial charge on any atom is 0.0901 e. The van der Waals surface area contributed by atoms with Gasteiger partial charge in [-0.2, -0.15) is 0 Å². The predicted molar refractivity (Wildman–Crippen MR) is 66.2 cm³/mol. The SMILES string of the molecule is C=CCc1cccc(-c2csc(C)n2)c1. The van der Waals surface area contributed by atoms with Crippen LogP contribution in [0.15, 0.2) is 42.3 Å². The predicted octanol–water partition coefficient (Wildman–Crippen LogP) is 3.85.